The van der Waals surface area contributed by atoms with Crippen molar-refractivity contribution in [2.75, 3.05) is 7.11 Å². The predicted octanol–water partition coefficient (Wildman–Crippen LogP) is 1.83. The van der Waals surface area contributed by atoms with Crippen LogP contribution >= 0.6 is 0 Å². The van der Waals surface area contributed by atoms with Crippen molar-refractivity contribution in [1.82, 2.24) is 0 Å². The van der Waals surface area contributed by atoms with E-state index in [4.69, 9.17) is 9.47 Å². The summed E-state index contributed by atoms with van der Waals surface area (Å²) in [6, 6.07) is 0. The van der Waals surface area contributed by atoms with Crippen molar-refractivity contribution >= 4 is 5.97 Å². The minimum Gasteiger partial charge on any atom is -0.467 e. The Labute approximate surface area is 102 Å². The summed E-state index contributed by atoms with van der Waals surface area (Å²) >= 11 is 0. The van der Waals surface area contributed by atoms with Crippen LogP contribution in [0.25, 0.3) is 0 Å². The standard InChI is InChI=1S/C13H20O4/c1-9-10(16-9)7-5-3-4-6-8-11-12(17-11)13(14)15-2/h3-4,9-12H,5-8H2,1-2H3/b4-3+/t9-,10+,11+,12+/m1/s1. The maximum absolute atomic E-state index is 11.1. The van der Waals surface area contributed by atoms with Crippen molar-refractivity contribution in [1.29, 1.82) is 0 Å². The topological polar surface area (TPSA) is 51.4 Å². The van der Waals surface area contributed by atoms with E-state index in [0.29, 0.717) is 12.2 Å². The van der Waals surface area contributed by atoms with Gasteiger partial charge in [0.1, 0.15) is 0 Å². The molecule has 4 heteroatoms. The van der Waals surface area contributed by atoms with Crippen LogP contribution in [0.3, 0.4) is 0 Å². The van der Waals surface area contributed by atoms with E-state index in [1.165, 1.54) is 7.11 Å². The highest BCUT2D eigenvalue weighted by Crippen LogP contribution is 2.28. The number of methoxy groups -OCH3 is 1. The second-order valence-corrected chi connectivity index (χ2v) is 4.62. The molecule has 0 amide bonds. The van der Waals surface area contributed by atoms with Crippen molar-refractivity contribution in [3.8, 4) is 0 Å². The Balaban J connectivity index is 1.46. The van der Waals surface area contributed by atoms with Gasteiger partial charge in [0.2, 0.25) is 0 Å². The predicted molar refractivity (Wildman–Crippen MR) is 62.6 cm³/mol. The Morgan fingerprint density at radius 3 is 2.29 bits per heavy atom. The van der Waals surface area contributed by atoms with Crippen LogP contribution in [0.4, 0.5) is 0 Å². The molecule has 0 radical (unpaired) electrons. The van der Waals surface area contributed by atoms with Gasteiger partial charge in [-0.3, -0.25) is 0 Å². The Morgan fingerprint density at radius 1 is 1.18 bits per heavy atom. The fourth-order valence-corrected chi connectivity index (χ4v) is 1.98. The summed E-state index contributed by atoms with van der Waals surface area (Å²) < 4.78 is 15.1. The lowest BCUT2D eigenvalue weighted by Crippen LogP contribution is -2.11. The number of hydrogen-bond donors (Lipinski definition) is 0. The van der Waals surface area contributed by atoms with Gasteiger partial charge in [0, 0.05) is 0 Å². The van der Waals surface area contributed by atoms with Crippen LogP contribution in [-0.4, -0.2) is 37.5 Å². The van der Waals surface area contributed by atoms with Gasteiger partial charge in [-0.05, 0) is 32.6 Å². The highest BCUT2D eigenvalue weighted by molar-refractivity contribution is 5.77. The van der Waals surface area contributed by atoms with E-state index in [1.807, 2.05) is 0 Å². The molecule has 0 aromatic heterocycles. The Morgan fingerprint density at radius 2 is 1.76 bits per heavy atom. The first-order valence-electron chi connectivity index (χ1n) is 6.26. The van der Waals surface area contributed by atoms with Crippen molar-refractivity contribution in [3.05, 3.63) is 12.2 Å². The highest BCUT2D eigenvalue weighted by atomic mass is 16.6. The molecule has 0 spiro atoms. The number of rotatable bonds is 7. The average molecular weight is 240 g/mol. The smallest absolute Gasteiger partial charge is 0.337 e. The molecule has 0 aliphatic carbocycles. The molecule has 4 nitrogen and oxygen atoms in total. The molecule has 2 aliphatic heterocycles. The first-order valence-corrected chi connectivity index (χ1v) is 6.26. The second-order valence-electron chi connectivity index (χ2n) is 4.62. The van der Waals surface area contributed by atoms with Gasteiger partial charge in [0.25, 0.3) is 0 Å². The fraction of sp³-hybridized carbons (Fsp3) is 0.769. The van der Waals surface area contributed by atoms with Gasteiger partial charge >= 0.3 is 5.97 Å². The molecule has 0 bridgehead atoms. The largest absolute Gasteiger partial charge is 0.467 e. The number of ether oxygens (including phenoxy) is 3. The van der Waals surface area contributed by atoms with Crippen molar-refractivity contribution in [3.63, 3.8) is 0 Å². The molecule has 2 aliphatic rings. The van der Waals surface area contributed by atoms with Crippen molar-refractivity contribution in [2.45, 2.75) is 57.0 Å². The van der Waals surface area contributed by atoms with E-state index in [2.05, 4.69) is 23.8 Å². The summed E-state index contributed by atoms with van der Waals surface area (Å²) in [5, 5.41) is 0. The molecule has 0 saturated carbocycles. The minimum absolute atomic E-state index is 0.0684. The molecule has 2 fully saturated rings. The lowest BCUT2D eigenvalue weighted by Gasteiger charge is -1.92. The van der Waals surface area contributed by atoms with Gasteiger partial charge < -0.3 is 14.2 Å². The number of esters is 1. The van der Waals surface area contributed by atoms with Crippen molar-refractivity contribution < 1.29 is 19.0 Å². The summed E-state index contributed by atoms with van der Waals surface area (Å²) in [5.74, 6) is -0.251. The third-order valence-electron chi connectivity index (χ3n) is 3.25. The molecular formula is C13H20O4. The highest BCUT2D eigenvalue weighted by Gasteiger charge is 2.45. The van der Waals surface area contributed by atoms with Gasteiger partial charge in [-0.25, -0.2) is 4.79 Å². The van der Waals surface area contributed by atoms with Crippen LogP contribution in [0.5, 0.6) is 0 Å². The molecule has 17 heavy (non-hydrogen) atoms. The summed E-state index contributed by atoms with van der Waals surface area (Å²) in [6.07, 6.45) is 9.08. The lowest BCUT2D eigenvalue weighted by atomic mass is 10.1. The van der Waals surface area contributed by atoms with Crippen LogP contribution in [0.15, 0.2) is 12.2 Å². The summed E-state index contributed by atoms with van der Waals surface area (Å²) in [7, 11) is 1.39. The number of carbonyl (C=O) groups is 1. The van der Waals surface area contributed by atoms with Gasteiger partial charge in [0.15, 0.2) is 6.10 Å². The van der Waals surface area contributed by atoms with Crippen LogP contribution < -0.4 is 0 Å². The zero-order valence-electron chi connectivity index (χ0n) is 10.4. The quantitative estimate of drug-likeness (QED) is 0.387. The van der Waals surface area contributed by atoms with E-state index in [0.717, 1.165) is 25.7 Å². The number of carbonyl (C=O) groups excluding carboxylic acids is 1. The van der Waals surface area contributed by atoms with Gasteiger partial charge in [-0.2, -0.15) is 0 Å². The van der Waals surface area contributed by atoms with Gasteiger partial charge in [0.05, 0.1) is 25.4 Å². The normalized spacial score (nSPS) is 34.9. The third kappa shape index (κ3) is 3.82. The van der Waals surface area contributed by atoms with Crippen LogP contribution in [-0.2, 0) is 19.0 Å². The maximum Gasteiger partial charge on any atom is 0.337 e. The molecule has 0 unspecified atom stereocenters. The third-order valence-corrected chi connectivity index (χ3v) is 3.25. The lowest BCUT2D eigenvalue weighted by molar-refractivity contribution is -0.142. The molecule has 4 atom stereocenters. The molecule has 0 aromatic rings. The molecule has 0 aromatic carbocycles. The van der Waals surface area contributed by atoms with E-state index in [1.54, 1.807) is 0 Å². The van der Waals surface area contributed by atoms with Gasteiger partial charge in [-0.1, -0.05) is 12.2 Å². The molecule has 0 N–H and O–H groups in total. The van der Waals surface area contributed by atoms with E-state index in [-0.39, 0.29) is 18.2 Å². The number of hydrogen-bond acceptors (Lipinski definition) is 4. The van der Waals surface area contributed by atoms with E-state index >= 15 is 0 Å². The number of allylic oxidation sites excluding steroid dienone is 2. The maximum atomic E-state index is 11.1. The zero-order valence-corrected chi connectivity index (χ0v) is 10.4. The Kier molecular flexibility index (Phi) is 4.18. The molecular weight excluding hydrogens is 220 g/mol. The van der Waals surface area contributed by atoms with E-state index in [9.17, 15) is 4.79 Å². The van der Waals surface area contributed by atoms with Crippen molar-refractivity contribution in [2.24, 2.45) is 0 Å². The second kappa shape index (κ2) is 5.65. The van der Waals surface area contributed by atoms with Crippen LogP contribution in [0, 0.1) is 0 Å². The molecule has 2 rings (SSSR count). The number of epoxide rings is 2. The fourth-order valence-electron chi connectivity index (χ4n) is 1.98. The SMILES string of the molecule is COC(=O)[C@H]1O[C@H]1CC/C=C/CC[C@@H]1O[C@@H]1C. The first kappa shape index (κ1) is 12.6. The summed E-state index contributed by atoms with van der Waals surface area (Å²) in [5.41, 5.74) is 0. The first-order chi connectivity index (χ1) is 8.22. The molecule has 2 saturated heterocycles. The van der Waals surface area contributed by atoms with E-state index < -0.39 is 0 Å². The van der Waals surface area contributed by atoms with Crippen LogP contribution in [0.2, 0.25) is 0 Å². The Hall–Kier alpha value is -0.870. The average Bonchev–Trinajstić information content (AvgIpc) is 3.21. The van der Waals surface area contributed by atoms with Crippen LogP contribution in [0.1, 0.15) is 32.6 Å². The Bertz CT molecular complexity index is 300. The molecule has 96 valence electrons. The summed E-state index contributed by atoms with van der Waals surface area (Å²) in [4.78, 5) is 11.1. The summed E-state index contributed by atoms with van der Waals surface area (Å²) in [6.45, 7) is 2.10. The zero-order chi connectivity index (χ0) is 12.3. The van der Waals surface area contributed by atoms with Gasteiger partial charge in [-0.15, -0.1) is 0 Å². The monoisotopic (exact) mass is 240 g/mol. The minimum atomic E-state index is -0.311. The molecule has 2 heterocycles.